The molecule has 0 saturated heterocycles. The zero-order valence-electron chi connectivity index (χ0n) is 9.24. The highest BCUT2D eigenvalue weighted by Crippen LogP contribution is 2.37. The predicted molar refractivity (Wildman–Crippen MR) is 62.3 cm³/mol. The fourth-order valence-electron chi connectivity index (χ4n) is 1.74. The van der Waals surface area contributed by atoms with Crippen molar-refractivity contribution in [2.45, 2.75) is 6.18 Å². The van der Waals surface area contributed by atoms with Gasteiger partial charge in [-0.1, -0.05) is 36.4 Å². The van der Waals surface area contributed by atoms with Crippen LogP contribution in [0.2, 0.25) is 0 Å². The van der Waals surface area contributed by atoms with Crippen molar-refractivity contribution in [3.05, 3.63) is 59.7 Å². The third-order valence-electron chi connectivity index (χ3n) is 2.57. The topological polar surface area (TPSA) is 17.1 Å². The van der Waals surface area contributed by atoms with Crippen LogP contribution in [0.3, 0.4) is 0 Å². The van der Waals surface area contributed by atoms with E-state index >= 15 is 0 Å². The van der Waals surface area contributed by atoms with E-state index in [1.165, 1.54) is 12.1 Å². The summed E-state index contributed by atoms with van der Waals surface area (Å²) in [7, 11) is 0. The summed E-state index contributed by atoms with van der Waals surface area (Å²) in [6, 6.07) is 11.6. The Morgan fingerprint density at radius 3 is 2.17 bits per heavy atom. The van der Waals surface area contributed by atoms with Crippen LogP contribution in [0, 0.1) is 0 Å². The van der Waals surface area contributed by atoms with Crippen LogP contribution in [0.4, 0.5) is 13.2 Å². The minimum Gasteiger partial charge on any atom is -0.298 e. The first-order valence-electron chi connectivity index (χ1n) is 5.24. The van der Waals surface area contributed by atoms with Gasteiger partial charge in [-0.15, -0.1) is 0 Å². The molecule has 0 bridgehead atoms. The Balaban J connectivity index is 2.66. The Labute approximate surface area is 102 Å². The van der Waals surface area contributed by atoms with Crippen molar-refractivity contribution in [2.24, 2.45) is 0 Å². The summed E-state index contributed by atoms with van der Waals surface area (Å²) in [6.45, 7) is 0. The molecule has 0 aliphatic carbocycles. The van der Waals surface area contributed by atoms with Gasteiger partial charge in [0.05, 0.1) is 5.56 Å². The Morgan fingerprint density at radius 1 is 0.944 bits per heavy atom. The first-order valence-corrected chi connectivity index (χ1v) is 5.24. The van der Waals surface area contributed by atoms with Crippen LogP contribution in [0.5, 0.6) is 0 Å². The van der Waals surface area contributed by atoms with Gasteiger partial charge < -0.3 is 0 Å². The van der Waals surface area contributed by atoms with Crippen LogP contribution >= 0.6 is 0 Å². The Kier molecular flexibility index (Phi) is 3.19. The lowest BCUT2D eigenvalue weighted by atomic mass is 9.97. The van der Waals surface area contributed by atoms with Crippen molar-refractivity contribution in [3.8, 4) is 11.1 Å². The number of aldehydes is 1. The van der Waals surface area contributed by atoms with Gasteiger partial charge in [-0.25, -0.2) is 0 Å². The van der Waals surface area contributed by atoms with Crippen LogP contribution < -0.4 is 0 Å². The molecule has 0 heterocycles. The van der Waals surface area contributed by atoms with Crippen LogP contribution in [-0.2, 0) is 6.18 Å². The average Bonchev–Trinajstić information content (AvgIpc) is 2.38. The third-order valence-corrected chi connectivity index (χ3v) is 2.57. The van der Waals surface area contributed by atoms with Crippen molar-refractivity contribution in [3.63, 3.8) is 0 Å². The normalized spacial score (nSPS) is 11.3. The molecular weight excluding hydrogens is 241 g/mol. The minimum atomic E-state index is -4.44. The van der Waals surface area contributed by atoms with E-state index in [0.29, 0.717) is 11.8 Å². The third kappa shape index (κ3) is 2.42. The molecule has 92 valence electrons. The molecule has 0 fully saturated rings. The van der Waals surface area contributed by atoms with E-state index in [1.54, 1.807) is 30.3 Å². The van der Waals surface area contributed by atoms with Crippen LogP contribution in [0.15, 0.2) is 48.5 Å². The molecule has 0 atom stereocenters. The molecule has 0 radical (unpaired) electrons. The van der Waals surface area contributed by atoms with Gasteiger partial charge in [0, 0.05) is 5.56 Å². The van der Waals surface area contributed by atoms with Crippen molar-refractivity contribution in [1.29, 1.82) is 0 Å². The van der Waals surface area contributed by atoms with E-state index in [9.17, 15) is 18.0 Å². The van der Waals surface area contributed by atoms with E-state index < -0.39 is 11.7 Å². The maximum absolute atomic E-state index is 12.9. The number of rotatable bonds is 2. The Bertz CT molecular complexity index is 559. The number of hydrogen-bond acceptors (Lipinski definition) is 1. The summed E-state index contributed by atoms with van der Waals surface area (Å²) in [5, 5.41) is 0. The second-order valence-electron chi connectivity index (χ2n) is 3.79. The maximum Gasteiger partial charge on any atom is 0.417 e. The lowest BCUT2D eigenvalue weighted by Gasteiger charge is -2.13. The number of hydrogen-bond donors (Lipinski definition) is 0. The monoisotopic (exact) mass is 250 g/mol. The molecule has 0 aliphatic heterocycles. The number of alkyl halides is 3. The van der Waals surface area contributed by atoms with E-state index in [0.717, 1.165) is 6.07 Å². The lowest BCUT2D eigenvalue weighted by molar-refractivity contribution is -0.137. The number of carbonyl (C=O) groups is 1. The Morgan fingerprint density at radius 2 is 1.61 bits per heavy atom. The maximum atomic E-state index is 12.9. The van der Waals surface area contributed by atoms with Gasteiger partial charge in [-0.05, 0) is 23.3 Å². The average molecular weight is 250 g/mol. The molecule has 0 amide bonds. The molecule has 0 aliphatic rings. The first-order chi connectivity index (χ1) is 8.52. The number of halogens is 3. The molecule has 2 rings (SSSR count). The Hall–Kier alpha value is -2.10. The summed E-state index contributed by atoms with van der Waals surface area (Å²) in [5.41, 5.74) is -0.0534. The van der Waals surface area contributed by atoms with E-state index in [2.05, 4.69) is 0 Å². The lowest BCUT2D eigenvalue weighted by Crippen LogP contribution is -2.07. The van der Waals surface area contributed by atoms with E-state index in [4.69, 9.17) is 0 Å². The summed E-state index contributed by atoms with van der Waals surface area (Å²) < 4.78 is 38.6. The van der Waals surface area contributed by atoms with Gasteiger partial charge in [0.2, 0.25) is 0 Å². The highest BCUT2D eigenvalue weighted by Gasteiger charge is 2.33. The van der Waals surface area contributed by atoms with Gasteiger partial charge in [0.1, 0.15) is 6.29 Å². The molecule has 1 nitrogen and oxygen atoms in total. The zero-order valence-corrected chi connectivity index (χ0v) is 9.24. The molecule has 0 N–H and O–H groups in total. The molecule has 18 heavy (non-hydrogen) atoms. The minimum absolute atomic E-state index is 0.0210. The van der Waals surface area contributed by atoms with Crippen molar-refractivity contribution in [2.75, 3.05) is 0 Å². The van der Waals surface area contributed by atoms with Crippen LogP contribution in [0.25, 0.3) is 11.1 Å². The van der Waals surface area contributed by atoms with E-state index in [1.807, 2.05) is 0 Å². The van der Waals surface area contributed by atoms with Gasteiger partial charge in [-0.3, -0.25) is 4.79 Å². The van der Waals surface area contributed by atoms with E-state index in [-0.39, 0.29) is 11.1 Å². The standard InChI is InChI=1S/C14H9F3O/c15-14(16,17)13-7-6-10(9-18)8-12(13)11-4-2-1-3-5-11/h1-9H. The zero-order chi connectivity index (χ0) is 13.2. The number of carbonyl (C=O) groups excluding carboxylic acids is 1. The van der Waals surface area contributed by atoms with Gasteiger partial charge in [0.25, 0.3) is 0 Å². The highest BCUT2D eigenvalue weighted by molar-refractivity contribution is 5.80. The SMILES string of the molecule is O=Cc1ccc(C(F)(F)F)c(-c2ccccc2)c1. The van der Waals surface area contributed by atoms with Crippen LogP contribution in [0.1, 0.15) is 15.9 Å². The highest BCUT2D eigenvalue weighted by atomic mass is 19.4. The number of benzene rings is 2. The van der Waals surface area contributed by atoms with Crippen molar-refractivity contribution in [1.82, 2.24) is 0 Å². The first kappa shape index (κ1) is 12.4. The fourth-order valence-corrected chi connectivity index (χ4v) is 1.74. The van der Waals surface area contributed by atoms with Gasteiger partial charge in [-0.2, -0.15) is 13.2 Å². The smallest absolute Gasteiger partial charge is 0.298 e. The van der Waals surface area contributed by atoms with Crippen molar-refractivity contribution >= 4 is 6.29 Å². The van der Waals surface area contributed by atoms with Gasteiger partial charge >= 0.3 is 6.18 Å². The second kappa shape index (κ2) is 4.64. The molecule has 2 aromatic carbocycles. The fraction of sp³-hybridized carbons (Fsp3) is 0.0714. The molecule has 0 saturated carbocycles. The van der Waals surface area contributed by atoms with Crippen LogP contribution in [-0.4, -0.2) is 6.29 Å². The predicted octanol–water partition coefficient (Wildman–Crippen LogP) is 4.18. The molecule has 0 aromatic heterocycles. The molecule has 0 unspecified atom stereocenters. The van der Waals surface area contributed by atoms with Crippen molar-refractivity contribution < 1.29 is 18.0 Å². The second-order valence-corrected chi connectivity index (χ2v) is 3.79. The summed E-state index contributed by atoms with van der Waals surface area (Å²) >= 11 is 0. The molecule has 2 aromatic rings. The quantitative estimate of drug-likeness (QED) is 0.730. The summed E-state index contributed by atoms with van der Waals surface area (Å²) in [4.78, 5) is 10.7. The summed E-state index contributed by atoms with van der Waals surface area (Å²) in [5.74, 6) is 0. The molecule has 4 heteroatoms. The largest absolute Gasteiger partial charge is 0.417 e. The molecular formula is C14H9F3O. The summed E-state index contributed by atoms with van der Waals surface area (Å²) in [6.07, 6.45) is -3.90. The van der Waals surface area contributed by atoms with Gasteiger partial charge in [0.15, 0.2) is 0 Å². The molecule has 0 spiro atoms.